The highest BCUT2D eigenvalue weighted by molar-refractivity contribution is 6.30. The summed E-state index contributed by atoms with van der Waals surface area (Å²) in [7, 11) is 5.09. The summed E-state index contributed by atoms with van der Waals surface area (Å²) < 4.78 is 49.0. The molecule has 2 saturated heterocycles. The van der Waals surface area contributed by atoms with Crippen LogP contribution in [0.5, 0.6) is 40.2 Å². The number of rotatable bonds is 27. The van der Waals surface area contributed by atoms with Crippen molar-refractivity contribution in [2.75, 3.05) is 132 Å². The van der Waals surface area contributed by atoms with E-state index in [0.717, 1.165) is 269 Å². The molecule has 18 rings (SSSR count). The van der Waals surface area contributed by atoms with Crippen molar-refractivity contribution in [2.45, 2.75) is 144 Å². The fourth-order valence-electron chi connectivity index (χ4n) is 19.4. The Kier molecular flexibility index (Phi) is 30.9. The zero-order valence-corrected chi connectivity index (χ0v) is 83.8. The van der Waals surface area contributed by atoms with E-state index in [0.29, 0.717) is 33.0 Å². The normalized spacial score (nSPS) is 12.7. The lowest BCUT2D eigenvalue weighted by Crippen LogP contribution is -2.47. The number of fused-ring (bicyclic) bond motifs is 4. The first-order chi connectivity index (χ1) is 65.8. The lowest BCUT2D eigenvalue weighted by Gasteiger charge is -2.37. The highest BCUT2D eigenvalue weighted by Gasteiger charge is 2.31. The van der Waals surface area contributed by atoms with Crippen molar-refractivity contribution < 1.29 is 33.2 Å². The van der Waals surface area contributed by atoms with Crippen molar-refractivity contribution in [1.82, 2.24) is 64.0 Å². The van der Waals surface area contributed by atoms with Gasteiger partial charge < -0.3 is 76.8 Å². The van der Waals surface area contributed by atoms with Gasteiger partial charge in [-0.3, -0.25) is 4.90 Å². The summed E-state index contributed by atoms with van der Waals surface area (Å²) in [5.74, 6) is 9.09. The summed E-state index contributed by atoms with van der Waals surface area (Å²) in [6.07, 6.45) is 0.861. The third kappa shape index (κ3) is 20.5. The van der Waals surface area contributed by atoms with E-state index < -0.39 is 0 Å². The topological polar surface area (TPSA) is 224 Å². The Hall–Kier alpha value is -13.6. The molecule has 10 heterocycles. The van der Waals surface area contributed by atoms with Gasteiger partial charge in [-0.2, -0.15) is 20.4 Å². The minimum atomic E-state index is 0.607. The van der Waals surface area contributed by atoms with Crippen molar-refractivity contribution in [2.24, 2.45) is 0 Å². The van der Waals surface area contributed by atoms with Crippen molar-refractivity contribution in [3.63, 3.8) is 0 Å². The maximum absolute atomic E-state index is 6.00. The largest absolute Gasteiger partial charge is 0.494 e. The first-order valence-corrected chi connectivity index (χ1v) is 47.7. The number of anilines is 5. The van der Waals surface area contributed by atoms with Crippen LogP contribution in [0, 0.1) is 96.9 Å². The molecule has 8 aromatic heterocycles. The van der Waals surface area contributed by atoms with Crippen LogP contribution >= 0.6 is 23.2 Å². The molecular formula is C109H126Cl2N18O7. The molecule has 0 amide bonds. The van der Waals surface area contributed by atoms with Crippen molar-refractivity contribution in [1.29, 1.82) is 0 Å². The van der Waals surface area contributed by atoms with Gasteiger partial charge in [-0.15, -0.1) is 20.4 Å². The molecule has 0 bridgehead atoms. The number of aryl methyl sites for hydroxylation is 14. The maximum atomic E-state index is 6.00. The highest BCUT2D eigenvalue weighted by atomic mass is 35.5. The van der Waals surface area contributed by atoms with E-state index in [2.05, 4.69) is 221 Å². The van der Waals surface area contributed by atoms with Crippen LogP contribution in [0.1, 0.15) is 124 Å². The summed E-state index contributed by atoms with van der Waals surface area (Å²) >= 11 is 12.0. The number of piperazine rings is 2. The Morgan fingerprint density at radius 1 is 0.316 bits per heavy atom. The van der Waals surface area contributed by atoms with E-state index in [9.17, 15) is 0 Å². The Morgan fingerprint density at radius 3 is 1.12 bits per heavy atom. The molecule has 8 aromatic carbocycles. The number of aromatic nitrogens is 12. The second-order valence-corrected chi connectivity index (χ2v) is 35.4. The second kappa shape index (κ2) is 43.4. The summed E-state index contributed by atoms with van der Waals surface area (Å²) in [4.78, 5) is 9.79. The van der Waals surface area contributed by atoms with Gasteiger partial charge in [0.15, 0.2) is 23.3 Å². The lowest BCUT2D eigenvalue weighted by molar-refractivity contribution is 0.249. The van der Waals surface area contributed by atoms with Crippen LogP contribution in [-0.4, -0.2) is 171 Å². The van der Waals surface area contributed by atoms with Gasteiger partial charge in [0.25, 0.3) is 0 Å². The molecule has 136 heavy (non-hydrogen) atoms. The van der Waals surface area contributed by atoms with E-state index in [-0.39, 0.29) is 0 Å². The average Bonchev–Trinajstić information content (AvgIpc) is 1.58. The molecule has 0 aliphatic carbocycles. The molecule has 2 aliphatic rings. The third-order valence-corrected chi connectivity index (χ3v) is 26.4. The molecule has 708 valence electrons. The molecule has 0 saturated carbocycles. The van der Waals surface area contributed by atoms with Gasteiger partial charge in [0, 0.05) is 200 Å². The number of hydrogen-bond acceptors (Lipinski definition) is 21. The lowest BCUT2D eigenvalue weighted by atomic mass is 10.1. The summed E-state index contributed by atoms with van der Waals surface area (Å²) in [5.41, 5.74) is 24.4. The van der Waals surface area contributed by atoms with E-state index in [1.807, 2.05) is 159 Å². The van der Waals surface area contributed by atoms with Crippen molar-refractivity contribution in [3.05, 3.63) is 282 Å². The highest BCUT2D eigenvalue weighted by Crippen LogP contribution is 2.44. The van der Waals surface area contributed by atoms with Crippen LogP contribution in [0.2, 0.25) is 10.0 Å². The zero-order chi connectivity index (χ0) is 96.3. The van der Waals surface area contributed by atoms with Gasteiger partial charge in [0.2, 0.25) is 0 Å². The minimum Gasteiger partial charge on any atom is -0.494 e. The number of halogens is 2. The summed E-state index contributed by atoms with van der Waals surface area (Å²) in [6, 6.07) is 59.3. The van der Waals surface area contributed by atoms with E-state index in [1.165, 1.54) is 44.1 Å². The van der Waals surface area contributed by atoms with E-state index in [4.69, 9.17) is 66.6 Å². The zero-order valence-electron chi connectivity index (χ0n) is 82.3. The molecule has 0 unspecified atom stereocenters. The second-order valence-electron chi connectivity index (χ2n) is 34.5. The van der Waals surface area contributed by atoms with E-state index >= 15 is 0 Å². The average molecular weight is 1870 g/mol. The number of benzene rings is 8. The predicted molar refractivity (Wildman–Crippen MR) is 553 cm³/mol. The molecule has 25 nitrogen and oxygen atoms in total. The minimum absolute atomic E-state index is 0.607. The number of hydrogen-bond donors (Lipinski definition) is 2. The molecule has 0 spiro atoms. The Labute approximate surface area is 808 Å². The number of ether oxygens (including phenoxy) is 7. The molecule has 16 aromatic rings. The number of nitrogens with one attached hydrogen (secondary N) is 2. The summed E-state index contributed by atoms with van der Waals surface area (Å²) in [6.45, 7) is 49.9. The fraction of sp³-hybridized carbons (Fsp3) is 0.339. The molecule has 0 atom stereocenters. The monoisotopic (exact) mass is 1870 g/mol. The van der Waals surface area contributed by atoms with E-state index in [1.54, 1.807) is 21.3 Å². The van der Waals surface area contributed by atoms with Crippen molar-refractivity contribution >= 4 is 95.3 Å². The summed E-state index contributed by atoms with van der Waals surface area (Å²) in [5, 5.41) is 54.0. The molecular weight excluding hydrogens is 1740 g/mol. The third-order valence-electron chi connectivity index (χ3n) is 25.8. The van der Waals surface area contributed by atoms with Gasteiger partial charge in [-0.25, -0.2) is 0 Å². The first-order valence-electron chi connectivity index (χ1n) is 46.9. The smallest absolute Gasteiger partial charge is 0.161 e. The van der Waals surface area contributed by atoms with Gasteiger partial charge in [-0.05, 0) is 250 Å². The Morgan fingerprint density at radius 2 is 0.684 bits per heavy atom. The number of nitrogens with zero attached hydrogens (tertiary/aromatic N) is 16. The van der Waals surface area contributed by atoms with Crippen LogP contribution in [0.25, 0.3) is 65.8 Å². The van der Waals surface area contributed by atoms with Crippen LogP contribution < -0.4 is 58.5 Å². The van der Waals surface area contributed by atoms with Crippen LogP contribution in [-0.2, 0) is 19.5 Å². The van der Waals surface area contributed by atoms with Gasteiger partial charge in [0.05, 0.1) is 87.6 Å². The van der Waals surface area contributed by atoms with Gasteiger partial charge in [-0.1, -0.05) is 89.9 Å². The maximum Gasteiger partial charge on any atom is 0.161 e. The SMILES string of the molecule is CCOc1ccc(-n2c(C)c3c(C)nnc(N4CCN(Cc5ccccc5)CC4)c3c2C)c(OC)c1.CCOc1ccc(-n2c(C)c3c(C)nnc(N4CCN(c5cc(C)ccc5C)CC4)c3c2C)c(OC)c1.CCOc1ccc(-n2c(C)c3c(C)nnc(NCCc4ccc(Cl)cc4)c3c2C)c(OC)c1.CCOc1ccc(-n2c(C)c3c(C)nnc(NCc4ccc(Cl)cc4)c3c2C)cc1. The fourth-order valence-corrected chi connectivity index (χ4v) is 19.7. The van der Waals surface area contributed by atoms with Crippen molar-refractivity contribution in [3.8, 4) is 63.0 Å². The number of methoxy groups -OCH3 is 3. The standard InChI is InChI=1S/C30H37N5O2.C29H35N5O2.C26H29ClN4O2.C24H25ClN4O/c1-8-37-24-11-12-25(27(18-24)36-7)35-22(5)28-21(4)31-32-30(29(28)23(35)6)34-15-13-33(14-16-34)26-17-19(2)9-10-20(26)3;1-6-36-24-12-13-25(26(18-24)35-5)34-21(3)27-20(2)30-31-29(28(27)22(34)4)33-16-14-32(15-17-33)19-23-10-8-7-9-11-23;1-6-33-21-11-12-22(23(15-21)32-5)31-17(3)24-16(2)29-30-26(25(24)18(31)4)28-14-13-19-7-9-20(27)10-8-19;1-5-30-21-12-10-20(11-13-21)29-16(3)22-15(2)27-28-24(23(22)17(29)4)26-14-18-6-8-19(25)9-7-18/h9-12,17-18H,8,13-16H2,1-7H3;7-13,18H,6,14-17,19H2,1-5H3;7-12,15H,6,13-14H2,1-5H3,(H,28,30);6-13H,5,14H2,1-4H3,(H,26,28). The first kappa shape index (κ1) is 96.9. The quantitative estimate of drug-likeness (QED) is 0.0488. The molecule has 2 aliphatic heterocycles. The molecule has 27 heteroatoms. The van der Waals surface area contributed by atoms with Crippen LogP contribution in [0.3, 0.4) is 0 Å². The Balaban J connectivity index is 0.000000138. The molecule has 2 N–H and O–H groups in total. The predicted octanol–water partition coefficient (Wildman–Crippen LogP) is 22.8. The van der Waals surface area contributed by atoms with Crippen LogP contribution in [0.15, 0.2) is 176 Å². The Bertz CT molecular complexity index is 6920. The van der Waals surface area contributed by atoms with Crippen LogP contribution in [0.4, 0.5) is 29.0 Å². The van der Waals surface area contributed by atoms with Gasteiger partial charge in [0.1, 0.15) is 40.2 Å². The molecule has 2 fully saturated rings. The molecule has 0 radical (unpaired) electrons. The van der Waals surface area contributed by atoms with Gasteiger partial charge >= 0.3 is 0 Å².